The number of halogens is 1. The molecule has 7 rings (SSSR count). The second kappa shape index (κ2) is 14.8. The molecule has 1 aliphatic heterocycles. The van der Waals surface area contributed by atoms with Crippen LogP contribution in [0.3, 0.4) is 0 Å². The molecule has 12 heteroatoms. The van der Waals surface area contributed by atoms with Crippen molar-refractivity contribution in [3.05, 3.63) is 122 Å². The predicted molar refractivity (Wildman–Crippen MR) is 208 cm³/mol. The zero-order valence-corrected chi connectivity index (χ0v) is 31.5. The summed E-state index contributed by atoms with van der Waals surface area (Å²) >= 11 is 0. The fourth-order valence-electron chi connectivity index (χ4n) is 7.43. The number of aliphatic hydroxyl groups is 1. The highest BCUT2D eigenvalue weighted by Gasteiger charge is 2.26. The molecule has 1 aliphatic carbocycles. The number of benzene rings is 2. The highest BCUT2D eigenvalue weighted by molar-refractivity contribution is 6.69. The van der Waals surface area contributed by atoms with Crippen LogP contribution in [0.5, 0.6) is 0 Å². The van der Waals surface area contributed by atoms with Crippen LogP contribution in [0, 0.1) is 5.82 Å². The minimum atomic E-state index is -2.15. The number of carbonyl (C=O) groups excluding carboxylic acids is 1. The summed E-state index contributed by atoms with van der Waals surface area (Å²) in [6.45, 7) is 6.07. The Morgan fingerprint density at radius 2 is 1.77 bits per heavy atom. The molecule has 276 valence electrons. The zero-order chi connectivity index (χ0) is 37.4. The minimum absolute atomic E-state index is 0.0159. The fraction of sp³-hybridized carbons (Fsp3) is 0.366. The monoisotopic (exact) mass is 735 g/mol. The summed E-state index contributed by atoms with van der Waals surface area (Å²) in [4.78, 5) is 58.6. The molecule has 0 atom stereocenters. The van der Waals surface area contributed by atoms with Gasteiger partial charge in [0, 0.05) is 75.3 Å². The molecule has 0 bridgehead atoms. The maximum Gasteiger partial charge on any atom is 0.265 e. The van der Waals surface area contributed by atoms with Crippen LogP contribution in [-0.4, -0.2) is 69.3 Å². The lowest BCUT2D eigenvalue weighted by molar-refractivity contribution is -0.131. The molecule has 2 aliphatic rings. The van der Waals surface area contributed by atoms with Crippen LogP contribution >= 0.6 is 0 Å². The van der Waals surface area contributed by atoms with Gasteiger partial charge in [0.15, 0.2) is 8.32 Å². The Morgan fingerprint density at radius 1 is 1.00 bits per heavy atom. The molecule has 1 saturated heterocycles. The number of hydrogen-bond acceptors (Lipinski definition) is 7. The first-order valence-electron chi connectivity index (χ1n) is 18.4. The minimum Gasteiger partial charge on any atom is -0.432 e. The summed E-state index contributed by atoms with van der Waals surface area (Å²) in [5, 5.41) is 11.2. The van der Waals surface area contributed by atoms with Gasteiger partial charge in [-0.05, 0) is 103 Å². The van der Waals surface area contributed by atoms with Gasteiger partial charge in [-0.3, -0.25) is 23.9 Å². The van der Waals surface area contributed by atoms with E-state index >= 15 is 4.39 Å². The highest BCUT2D eigenvalue weighted by Crippen LogP contribution is 2.41. The SMILES string of the molecule is Cn1cc(-c2cccc(-n3ccc4cc(C5CC5)cc(F)c4c3=O)c2CO)cc(Cc2ccc(N3CCN(C(=O)CCC[Si](C)(C)O)CC3)cn2)c1=O. The van der Waals surface area contributed by atoms with Gasteiger partial charge in [-0.25, -0.2) is 4.39 Å². The van der Waals surface area contributed by atoms with Crippen molar-refractivity contribution in [1.29, 1.82) is 0 Å². The molecule has 2 aromatic carbocycles. The number of pyridine rings is 3. The number of anilines is 1. The Hall–Kier alpha value is -4.91. The van der Waals surface area contributed by atoms with E-state index in [1.54, 1.807) is 49.9 Å². The molecular weight excluding hydrogens is 690 g/mol. The number of carbonyl (C=O) groups is 1. The largest absolute Gasteiger partial charge is 0.432 e. The first kappa shape index (κ1) is 36.4. The van der Waals surface area contributed by atoms with E-state index in [4.69, 9.17) is 0 Å². The average Bonchev–Trinajstić information content (AvgIpc) is 3.99. The molecule has 1 saturated carbocycles. The number of piperazine rings is 1. The van der Waals surface area contributed by atoms with Gasteiger partial charge < -0.3 is 24.3 Å². The number of aryl methyl sites for hydroxylation is 1. The van der Waals surface area contributed by atoms with Crippen LogP contribution in [0.4, 0.5) is 10.1 Å². The van der Waals surface area contributed by atoms with E-state index in [9.17, 15) is 24.3 Å². The van der Waals surface area contributed by atoms with E-state index in [2.05, 4.69) is 9.88 Å². The van der Waals surface area contributed by atoms with E-state index in [1.165, 1.54) is 15.2 Å². The Kier molecular flexibility index (Phi) is 10.2. The number of aromatic nitrogens is 3. The van der Waals surface area contributed by atoms with Crippen molar-refractivity contribution in [2.45, 2.75) is 63.8 Å². The Morgan fingerprint density at radius 3 is 2.45 bits per heavy atom. The molecule has 3 aromatic heterocycles. The van der Waals surface area contributed by atoms with Crippen LogP contribution in [0.15, 0.2) is 82.8 Å². The van der Waals surface area contributed by atoms with Crippen molar-refractivity contribution in [1.82, 2.24) is 19.0 Å². The standard InChI is InChI=1S/C41H46FN5O5Si/c1-44-25-31(34-6-4-7-37(35(34)26-48)47-14-13-28-20-29(27-9-10-27)23-36(42)39(28)41(47)51)21-30(40(44)50)22-32-11-12-33(24-43-32)45-15-17-46(18-16-45)38(49)8-5-19-53(2,3)52/h4,6-7,11-14,20-21,23-25,27,48,52H,5,8-10,15-19,22,26H2,1-3H3. The van der Waals surface area contributed by atoms with Crippen LogP contribution in [-0.2, 0) is 24.9 Å². The number of aliphatic hydroxyl groups excluding tert-OH is 1. The molecule has 2 fully saturated rings. The van der Waals surface area contributed by atoms with Gasteiger partial charge in [-0.15, -0.1) is 0 Å². The molecule has 1 amide bonds. The van der Waals surface area contributed by atoms with Crippen molar-refractivity contribution < 1.29 is 19.1 Å². The first-order valence-corrected chi connectivity index (χ1v) is 21.5. The van der Waals surface area contributed by atoms with Crippen LogP contribution in [0.1, 0.15) is 54.0 Å². The van der Waals surface area contributed by atoms with E-state index in [-0.39, 0.29) is 29.9 Å². The average molecular weight is 736 g/mol. The van der Waals surface area contributed by atoms with Gasteiger partial charge in [0.1, 0.15) is 5.82 Å². The molecule has 2 N–H and O–H groups in total. The van der Waals surface area contributed by atoms with E-state index < -0.39 is 19.7 Å². The highest BCUT2D eigenvalue weighted by atomic mass is 28.4. The predicted octanol–water partition coefficient (Wildman–Crippen LogP) is 5.48. The molecule has 4 heterocycles. The topological polar surface area (TPSA) is 121 Å². The van der Waals surface area contributed by atoms with Gasteiger partial charge >= 0.3 is 0 Å². The zero-order valence-electron chi connectivity index (χ0n) is 30.5. The lowest BCUT2D eigenvalue weighted by Crippen LogP contribution is -2.48. The molecule has 10 nitrogen and oxygen atoms in total. The van der Waals surface area contributed by atoms with Crippen LogP contribution in [0.2, 0.25) is 19.1 Å². The van der Waals surface area contributed by atoms with Crippen molar-refractivity contribution in [3.8, 4) is 16.8 Å². The summed E-state index contributed by atoms with van der Waals surface area (Å²) in [5.41, 5.74) is 4.70. The number of hydrogen-bond donors (Lipinski definition) is 2. The summed E-state index contributed by atoms with van der Waals surface area (Å²) < 4.78 is 18.2. The van der Waals surface area contributed by atoms with E-state index in [0.29, 0.717) is 71.8 Å². The fourth-order valence-corrected chi connectivity index (χ4v) is 8.47. The lowest BCUT2D eigenvalue weighted by atomic mass is 9.97. The Bertz CT molecular complexity index is 2290. The summed E-state index contributed by atoms with van der Waals surface area (Å²) in [5.74, 6) is -0.0525. The summed E-state index contributed by atoms with van der Waals surface area (Å²) in [6.07, 6.45) is 8.67. The second-order valence-electron chi connectivity index (χ2n) is 15.1. The first-order chi connectivity index (χ1) is 25.4. The molecular formula is C41H46FN5O5Si. The van der Waals surface area contributed by atoms with Crippen LogP contribution in [0.25, 0.3) is 27.6 Å². The molecule has 53 heavy (non-hydrogen) atoms. The summed E-state index contributed by atoms with van der Waals surface area (Å²) in [6, 6.07) is 16.9. The smallest absolute Gasteiger partial charge is 0.265 e. The maximum atomic E-state index is 15.3. The summed E-state index contributed by atoms with van der Waals surface area (Å²) in [7, 11) is -0.466. The number of nitrogens with zero attached hydrogens (tertiary/aromatic N) is 5. The van der Waals surface area contributed by atoms with Crippen molar-refractivity contribution in [2.75, 3.05) is 31.1 Å². The van der Waals surface area contributed by atoms with Gasteiger partial charge in [0.05, 0.1) is 29.6 Å². The van der Waals surface area contributed by atoms with Crippen molar-refractivity contribution >= 4 is 30.7 Å². The number of amides is 1. The molecule has 0 spiro atoms. The quantitative estimate of drug-likeness (QED) is 0.173. The van der Waals surface area contributed by atoms with Gasteiger partial charge in [-0.1, -0.05) is 18.2 Å². The van der Waals surface area contributed by atoms with Gasteiger partial charge in [0.25, 0.3) is 11.1 Å². The van der Waals surface area contributed by atoms with Crippen LogP contribution < -0.4 is 16.0 Å². The molecule has 0 unspecified atom stereocenters. The Balaban J connectivity index is 1.09. The molecule has 0 radical (unpaired) electrons. The van der Waals surface area contributed by atoms with E-state index in [0.717, 1.165) is 42.3 Å². The number of rotatable bonds is 11. The normalized spacial score (nSPS) is 15.0. The maximum absolute atomic E-state index is 15.3. The lowest BCUT2D eigenvalue weighted by Gasteiger charge is -2.36. The van der Waals surface area contributed by atoms with Crippen molar-refractivity contribution in [3.63, 3.8) is 0 Å². The second-order valence-corrected chi connectivity index (χ2v) is 19.2. The third kappa shape index (κ3) is 7.90. The molecule has 5 aromatic rings. The number of fused-ring (bicyclic) bond motifs is 1. The Labute approximate surface area is 308 Å². The van der Waals surface area contributed by atoms with E-state index in [1.807, 2.05) is 42.3 Å². The third-order valence-corrected chi connectivity index (χ3v) is 12.1. The van der Waals surface area contributed by atoms with Gasteiger partial charge in [-0.2, -0.15) is 0 Å². The van der Waals surface area contributed by atoms with Crippen molar-refractivity contribution in [2.24, 2.45) is 7.05 Å². The third-order valence-electron chi connectivity index (χ3n) is 10.5. The van der Waals surface area contributed by atoms with Gasteiger partial charge in [0.2, 0.25) is 5.91 Å².